The van der Waals surface area contributed by atoms with Crippen molar-refractivity contribution in [2.45, 2.75) is 89.2 Å². The van der Waals surface area contributed by atoms with Crippen LogP contribution < -0.4 is 4.74 Å². The number of halogens is 1. The van der Waals surface area contributed by atoms with Crippen molar-refractivity contribution in [2.24, 2.45) is 11.8 Å². The lowest BCUT2D eigenvalue weighted by Gasteiger charge is -2.54. The van der Waals surface area contributed by atoms with Crippen molar-refractivity contribution in [1.82, 2.24) is 15.0 Å². The van der Waals surface area contributed by atoms with E-state index in [0.29, 0.717) is 30.7 Å². The van der Waals surface area contributed by atoms with Crippen LogP contribution in [0.5, 0.6) is 5.88 Å². The number of aromatic nitrogens is 3. The lowest BCUT2D eigenvalue weighted by molar-refractivity contribution is -0.234. The predicted octanol–water partition coefficient (Wildman–Crippen LogP) is 6.48. The summed E-state index contributed by atoms with van der Waals surface area (Å²) in [6.45, 7) is 5.36. The molecular formula is C31H36FN3O3. The van der Waals surface area contributed by atoms with Gasteiger partial charge in [-0.1, -0.05) is 32.0 Å². The van der Waals surface area contributed by atoms with E-state index in [1.807, 2.05) is 30.3 Å². The second kappa shape index (κ2) is 9.23. The number of para-hydroxylation sites is 1. The van der Waals surface area contributed by atoms with Gasteiger partial charge < -0.3 is 14.2 Å². The molecule has 2 aromatic heterocycles. The summed E-state index contributed by atoms with van der Waals surface area (Å²) in [5.41, 5.74) is 4.06. The Labute approximate surface area is 223 Å². The van der Waals surface area contributed by atoms with E-state index in [1.165, 1.54) is 12.8 Å². The van der Waals surface area contributed by atoms with Crippen LogP contribution in [0.1, 0.15) is 75.7 Å². The number of hydrogen-bond donors (Lipinski definition) is 0. The number of hydrogen-bond acceptors (Lipinski definition) is 6. The lowest BCUT2D eigenvalue weighted by Crippen LogP contribution is -2.55. The van der Waals surface area contributed by atoms with Gasteiger partial charge in [-0.3, -0.25) is 0 Å². The van der Waals surface area contributed by atoms with Gasteiger partial charge in [-0.25, -0.2) is 14.4 Å². The molecule has 3 aliphatic carbocycles. The average molecular weight is 518 g/mol. The van der Waals surface area contributed by atoms with Gasteiger partial charge in [0.2, 0.25) is 5.88 Å². The standard InChI is InChI=1S/C31H36FN3O3/c1-19-25-12-11-23-27(30(25,2)13-14-31(19)36-15-16-37-31)34-28(35-29(23)38-21-7-3-4-8-21)24-17-20(18-32)33-26-10-6-5-9-22(24)26/h5-6,9-10,17,19,21,25H,3-4,7-8,11-16,18H2,1-2H3/t19-,25-,30-/m1/s1. The molecule has 1 aromatic carbocycles. The number of alkyl halides is 1. The first-order chi connectivity index (χ1) is 18.5. The Bertz CT molecular complexity index is 1370. The fraction of sp³-hybridized carbons (Fsp3) is 0.581. The summed E-state index contributed by atoms with van der Waals surface area (Å²) in [5.74, 6) is 1.49. The molecule has 3 aromatic rings. The third kappa shape index (κ3) is 3.76. The normalized spacial score (nSPS) is 28.5. The number of fused-ring (bicyclic) bond motifs is 4. The maximum Gasteiger partial charge on any atom is 0.220 e. The zero-order valence-corrected chi connectivity index (χ0v) is 22.3. The lowest BCUT2D eigenvalue weighted by atomic mass is 9.55. The van der Waals surface area contributed by atoms with Crippen molar-refractivity contribution < 1.29 is 18.6 Å². The van der Waals surface area contributed by atoms with E-state index in [-0.39, 0.29) is 17.4 Å². The highest BCUT2D eigenvalue weighted by molar-refractivity contribution is 5.93. The number of pyridine rings is 1. The van der Waals surface area contributed by atoms with E-state index in [1.54, 1.807) is 0 Å². The van der Waals surface area contributed by atoms with Gasteiger partial charge in [0.1, 0.15) is 12.8 Å². The third-order valence-electron chi connectivity index (χ3n) is 9.83. The molecule has 7 heteroatoms. The second-order valence-electron chi connectivity index (χ2n) is 11.9. The van der Waals surface area contributed by atoms with Crippen molar-refractivity contribution in [3.8, 4) is 17.3 Å². The van der Waals surface area contributed by atoms with Gasteiger partial charge in [-0.15, -0.1) is 0 Å². The maximum atomic E-state index is 13.9. The summed E-state index contributed by atoms with van der Waals surface area (Å²) < 4.78 is 33.0. The van der Waals surface area contributed by atoms with E-state index in [0.717, 1.165) is 72.1 Å². The molecule has 0 unspecified atom stereocenters. The molecule has 7 rings (SSSR count). The van der Waals surface area contributed by atoms with Gasteiger partial charge in [0.15, 0.2) is 11.6 Å². The molecule has 1 spiro atoms. The number of rotatable bonds is 4. The van der Waals surface area contributed by atoms with E-state index >= 15 is 0 Å². The molecule has 0 bridgehead atoms. The zero-order valence-electron chi connectivity index (χ0n) is 22.3. The topological polar surface area (TPSA) is 66.4 Å². The van der Waals surface area contributed by atoms with Gasteiger partial charge in [-0.05, 0) is 63.0 Å². The Morgan fingerprint density at radius 1 is 1.03 bits per heavy atom. The van der Waals surface area contributed by atoms with Crippen LogP contribution in [0.2, 0.25) is 0 Å². The molecule has 3 atom stereocenters. The van der Waals surface area contributed by atoms with Gasteiger partial charge in [0.05, 0.1) is 30.1 Å². The second-order valence-corrected chi connectivity index (χ2v) is 11.9. The molecule has 200 valence electrons. The van der Waals surface area contributed by atoms with Gasteiger partial charge in [-0.2, -0.15) is 4.98 Å². The van der Waals surface area contributed by atoms with Gasteiger partial charge in [0, 0.05) is 34.3 Å². The van der Waals surface area contributed by atoms with Crippen molar-refractivity contribution in [3.05, 3.63) is 47.3 Å². The van der Waals surface area contributed by atoms with Crippen LogP contribution in [0.3, 0.4) is 0 Å². The molecule has 2 saturated carbocycles. The highest BCUT2D eigenvalue weighted by Gasteiger charge is 2.58. The Hall–Kier alpha value is -2.64. The summed E-state index contributed by atoms with van der Waals surface area (Å²) in [5, 5.41) is 0.928. The van der Waals surface area contributed by atoms with E-state index in [2.05, 4.69) is 18.8 Å². The Balaban J connectivity index is 1.40. The molecule has 1 aliphatic heterocycles. The molecule has 3 fully saturated rings. The van der Waals surface area contributed by atoms with Crippen molar-refractivity contribution in [2.75, 3.05) is 13.2 Å². The molecule has 0 N–H and O–H groups in total. The molecule has 6 nitrogen and oxygen atoms in total. The Kier molecular flexibility index (Phi) is 5.93. The van der Waals surface area contributed by atoms with Crippen molar-refractivity contribution >= 4 is 10.9 Å². The number of nitrogens with zero attached hydrogens (tertiary/aromatic N) is 3. The monoisotopic (exact) mass is 517 g/mol. The number of ether oxygens (including phenoxy) is 3. The Morgan fingerprint density at radius 3 is 2.61 bits per heavy atom. The maximum absolute atomic E-state index is 13.9. The van der Waals surface area contributed by atoms with E-state index < -0.39 is 12.5 Å². The fourth-order valence-electron chi connectivity index (χ4n) is 7.77. The summed E-state index contributed by atoms with van der Waals surface area (Å²) in [6, 6.07) is 9.67. The van der Waals surface area contributed by atoms with Crippen LogP contribution >= 0.6 is 0 Å². The van der Waals surface area contributed by atoms with Crippen LogP contribution in [0, 0.1) is 11.8 Å². The summed E-state index contributed by atoms with van der Waals surface area (Å²) in [4.78, 5) is 14.9. The fourth-order valence-corrected chi connectivity index (χ4v) is 7.77. The number of benzene rings is 1. The smallest absolute Gasteiger partial charge is 0.220 e. The van der Waals surface area contributed by atoms with Gasteiger partial charge >= 0.3 is 0 Å². The summed E-state index contributed by atoms with van der Waals surface area (Å²) >= 11 is 0. The average Bonchev–Trinajstić information content (AvgIpc) is 3.64. The van der Waals surface area contributed by atoms with Crippen molar-refractivity contribution in [3.63, 3.8) is 0 Å². The molecule has 0 amide bonds. The van der Waals surface area contributed by atoms with Crippen molar-refractivity contribution in [1.29, 1.82) is 0 Å². The Morgan fingerprint density at radius 2 is 1.82 bits per heavy atom. The largest absolute Gasteiger partial charge is 0.474 e. The van der Waals surface area contributed by atoms with Crippen LogP contribution in [-0.4, -0.2) is 40.1 Å². The third-order valence-corrected chi connectivity index (χ3v) is 9.83. The minimum Gasteiger partial charge on any atom is -0.474 e. The molecule has 1 saturated heterocycles. The molecule has 3 heterocycles. The van der Waals surface area contributed by atoms with E-state index in [4.69, 9.17) is 24.2 Å². The summed E-state index contributed by atoms with van der Waals surface area (Å²) in [6.07, 6.45) is 8.40. The molecular weight excluding hydrogens is 481 g/mol. The molecule has 38 heavy (non-hydrogen) atoms. The van der Waals surface area contributed by atoms with Crippen LogP contribution in [0.4, 0.5) is 4.39 Å². The first-order valence-electron chi connectivity index (χ1n) is 14.3. The van der Waals surface area contributed by atoms with Crippen LogP contribution in [0.15, 0.2) is 30.3 Å². The first kappa shape index (κ1) is 24.4. The zero-order chi connectivity index (χ0) is 25.9. The minimum atomic E-state index is -0.631. The summed E-state index contributed by atoms with van der Waals surface area (Å²) in [7, 11) is 0. The first-order valence-corrected chi connectivity index (χ1v) is 14.3. The highest BCUT2D eigenvalue weighted by Crippen LogP contribution is 2.57. The predicted molar refractivity (Wildman–Crippen MR) is 143 cm³/mol. The molecule has 4 aliphatic rings. The van der Waals surface area contributed by atoms with Crippen LogP contribution in [0.25, 0.3) is 22.3 Å². The minimum absolute atomic E-state index is 0.148. The van der Waals surface area contributed by atoms with E-state index in [9.17, 15) is 4.39 Å². The van der Waals surface area contributed by atoms with Gasteiger partial charge in [0.25, 0.3) is 0 Å². The van der Waals surface area contributed by atoms with Crippen LogP contribution in [-0.2, 0) is 28.0 Å². The molecule has 0 radical (unpaired) electrons. The quantitative estimate of drug-likeness (QED) is 0.395. The SMILES string of the molecule is C[C@@H]1[C@H]2CCc3c(OC4CCCC4)nc(-c4cc(CF)nc5ccccc45)nc3[C@]2(C)CCC12OCCO2. The highest BCUT2D eigenvalue weighted by atomic mass is 19.1.